The number of benzene rings is 1. The van der Waals surface area contributed by atoms with Gasteiger partial charge in [-0.25, -0.2) is 15.0 Å². The van der Waals surface area contributed by atoms with Crippen LogP contribution in [0.4, 0.5) is 17.6 Å². The largest absolute Gasteiger partial charge is 0.490 e. The Hall–Kier alpha value is -7.13. The number of carbonyl (C=O) groups excluding carboxylic acids is 4. The first-order valence-corrected chi connectivity index (χ1v) is 20.0. The molecule has 0 spiro atoms. The van der Waals surface area contributed by atoms with Crippen molar-refractivity contribution in [3.63, 3.8) is 0 Å². The molecule has 0 atom stereocenters. The number of nitrogens with one attached hydrogen (secondary N) is 2. The monoisotopic (exact) mass is 835 g/mol. The van der Waals surface area contributed by atoms with Crippen molar-refractivity contribution < 1.29 is 28.7 Å². The minimum Gasteiger partial charge on any atom is -0.490 e. The normalized spacial score (nSPS) is 13.4. The number of amides is 4. The number of ether oxygens (including phenoxy) is 2. The molecule has 0 radical (unpaired) electrons. The summed E-state index contributed by atoms with van der Waals surface area (Å²) in [4.78, 5) is 68.0. The van der Waals surface area contributed by atoms with Crippen LogP contribution in [0.3, 0.4) is 0 Å². The summed E-state index contributed by atoms with van der Waals surface area (Å²) in [5.41, 5.74) is 21.5. The van der Waals surface area contributed by atoms with Gasteiger partial charge in [-0.15, -0.1) is 0 Å². The molecule has 6 heterocycles. The molecule has 21 nitrogen and oxygen atoms in total. The van der Waals surface area contributed by atoms with E-state index < -0.39 is 23.6 Å². The number of aromatic nitrogens is 9. The first-order chi connectivity index (χ1) is 29.4. The molecule has 0 aliphatic carbocycles. The second kappa shape index (κ2) is 18.0. The van der Waals surface area contributed by atoms with Crippen molar-refractivity contribution in [2.75, 3.05) is 49.4 Å². The molecule has 7 rings (SSSR count). The summed E-state index contributed by atoms with van der Waals surface area (Å²) < 4.78 is 18.5. The van der Waals surface area contributed by atoms with Crippen LogP contribution in [-0.4, -0.2) is 105 Å². The van der Waals surface area contributed by atoms with Gasteiger partial charge in [-0.2, -0.15) is 10.2 Å². The number of hydrogen-bond acceptors (Lipinski definition) is 13. The number of nitrogens with zero attached hydrogens (tertiary/aromatic N) is 10. The van der Waals surface area contributed by atoms with E-state index in [0.717, 1.165) is 18.7 Å². The van der Waals surface area contributed by atoms with Gasteiger partial charge in [0.15, 0.2) is 5.65 Å². The number of aryl methyl sites for hydroxylation is 4. The highest BCUT2D eigenvalue weighted by Crippen LogP contribution is 2.32. The van der Waals surface area contributed by atoms with Crippen LogP contribution < -0.4 is 32.6 Å². The number of anilines is 3. The lowest BCUT2D eigenvalue weighted by atomic mass is 10.1. The number of carbonyl (C=O) groups is 4. The summed E-state index contributed by atoms with van der Waals surface area (Å²) in [6, 6.07) is 6.37. The van der Waals surface area contributed by atoms with Gasteiger partial charge in [0.1, 0.15) is 34.8 Å². The zero-order chi connectivity index (χ0) is 43.4. The number of nitrogens with two attached hydrogens (primary N) is 3. The number of pyridine rings is 1. The smallest absolute Gasteiger partial charge is 0.278 e. The highest BCUT2D eigenvalue weighted by Gasteiger charge is 2.24. The second-order valence-electron chi connectivity index (χ2n) is 14.3. The number of imidazole rings is 2. The van der Waals surface area contributed by atoms with Gasteiger partial charge in [0.05, 0.1) is 34.9 Å². The van der Waals surface area contributed by atoms with E-state index in [0.29, 0.717) is 78.7 Å². The lowest BCUT2D eigenvalue weighted by Gasteiger charge is -2.26. The molecule has 320 valence electrons. The van der Waals surface area contributed by atoms with Crippen molar-refractivity contribution in [2.45, 2.75) is 66.7 Å². The molecule has 1 aliphatic rings. The maximum Gasteiger partial charge on any atom is 0.278 e. The van der Waals surface area contributed by atoms with Crippen molar-refractivity contribution in [2.24, 2.45) is 11.5 Å². The Morgan fingerprint density at radius 1 is 0.869 bits per heavy atom. The molecule has 5 aromatic heterocycles. The number of primary amides is 2. The van der Waals surface area contributed by atoms with Crippen LogP contribution in [0.1, 0.15) is 80.3 Å². The van der Waals surface area contributed by atoms with E-state index in [-0.39, 0.29) is 54.1 Å². The highest BCUT2D eigenvalue weighted by atomic mass is 16.5. The molecule has 4 amide bonds. The van der Waals surface area contributed by atoms with Crippen LogP contribution >= 0.6 is 0 Å². The molecule has 61 heavy (non-hydrogen) atoms. The SMILES string of the molecule is CCc1cc(C(=O)Nc2nc3cc(C(N)=O)cc(OCCN4CCCOC4)c3n2C/C=C/Cn2c(NC(=O)c3c(N)c(C)nn3CC)nc3cc(C(N)=O)cnc32)n(CC)n1. The van der Waals surface area contributed by atoms with Crippen molar-refractivity contribution in [3.05, 3.63) is 76.5 Å². The van der Waals surface area contributed by atoms with Gasteiger partial charge >= 0.3 is 0 Å². The van der Waals surface area contributed by atoms with E-state index >= 15 is 0 Å². The Morgan fingerprint density at radius 3 is 2.25 bits per heavy atom. The van der Waals surface area contributed by atoms with Crippen molar-refractivity contribution in [3.8, 4) is 5.75 Å². The van der Waals surface area contributed by atoms with E-state index in [1.54, 1.807) is 38.9 Å². The average molecular weight is 836 g/mol. The predicted octanol–water partition coefficient (Wildman–Crippen LogP) is 2.68. The molecule has 0 saturated carbocycles. The van der Waals surface area contributed by atoms with Crippen LogP contribution in [-0.2, 0) is 37.3 Å². The Labute approximate surface area is 349 Å². The summed E-state index contributed by atoms with van der Waals surface area (Å²) in [7, 11) is 0. The fraction of sp³-hybridized carbons (Fsp3) is 0.375. The third kappa shape index (κ3) is 8.77. The predicted molar refractivity (Wildman–Crippen MR) is 226 cm³/mol. The molecule has 0 bridgehead atoms. The summed E-state index contributed by atoms with van der Waals surface area (Å²) >= 11 is 0. The fourth-order valence-electron chi connectivity index (χ4n) is 7.10. The standard InChI is InChI=1S/C40H49N15O6/c1-5-26-20-29(54(6-2)50-26)37(58)47-39-45-27-17-24(34(42)56)19-30(61-16-14-51-11-10-15-60-22-51)32(27)52(39)12-8-9-13-53-36-28(18-25(21-44-36)35(43)57)46-40(53)48-38(59)33-31(41)23(4)49-55(33)7-3/h8-9,17-21H,5-7,10-16,22,41H2,1-4H3,(H2,42,56)(H2,43,57)(H,45,47,58)(H,46,48,59)/b9-8+. The third-order valence-electron chi connectivity index (χ3n) is 10.3. The number of allylic oxidation sites excluding steroid dienone is 2. The number of hydrogen-bond donors (Lipinski definition) is 5. The van der Waals surface area contributed by atoms with Gasteiger partial charge in [0.25, 0.3) is 11.8 Å². The Balaban J connectivity index is 1.25. The van der Waals surface area contributed by atoms with Gasteiger partial charge < -0.3 is 31.2 Å². The van der Waals surface area contributed by atoms with Crippen LogP contribution in [0.25, 0.3) is 22.2 Å². The van der Waals surface area contributed by atoms with Crippen molar-refractivity contribution in [1.82, 2.24) is 48.5 Å². The maximum absolute atomic E-state index is 13.9. The molecule has 6 aromatic rings. The molecule has 21 heteroatoms. The van der Waals surface area contributed by atoms with Gasteiger partial charge in [-0.1, -0.05) is 19.1 Å². The zero-order valence-corrected chi connectivity index (χ0v) is 34.5. The molecule has 0 unspecified atom stereocenters. The van der Waals surface area contributed by atoms with Crippen LogP contribution in [0, 0.1) is 6.92 Å². The Kier molecular flexibility index (Phi) is 12.4. The number of fused-ring (bicyclic) bond motifs is 2. The van der Waals surface area contributed by atoms with Gasteiger partial charge in [-0.3, -0.25) is 48.6 Å². The van der Waals surface area contributed by atoms with Crippen molar-refractivity contribution in [1.29, 1.82) is 0 Å². The van der Waals surface area contributed by atoms with Crippen LogP contribution in [0.2, 0.25) is 0 Å². The molecular formula is C40H49N15O6. The van der Waals surface area contributed by atoms with E-state index in [1.165, 1.54) is 16.9 Å². The molecule has 1 aromatic carbocycles. The van der Waals surface area contributed by atoms with E-state index in [4.69, 9.17) is 31.7 Å². The maximum atomic E-state index is 13.9. The zero-order valence-electron chi connectivity index (χ0n) is 34.5. The number of nitrogen functional groups attached to an aromatic ring is 1. The quantitative estimate of drug-likeness (QED) is 0.0828. The second-order valence-corrected chi connectivity index (χ2v) is 14.3. The fourth-order valence-corrected chi connectivity index (χ4v) is 7.10. The summed E-state index contributed by atoms with van der Waals surface area (Å²) in [5, 5.41) is 14.7. The minimum atomic E-state index is -0.684. The molecule has 1 fully saturated rings. The van der Waals surface area contributed by atoms with E-state index in [2.05, 4.69) is 35.7 Å². The van der Waals surface area contributed by atoms with E-state index in [1.807, 2.05) is 32.9 Å². The summed E-state index contributed by atoms with van der Waals surface area (Å²) in [6.07, 6.45) is 6.55. The Bertz CT molecular complexity index is 2660. The van der Waals surface area contributed by atoms with Crippen LogP contribution in [0.15, 0.2) is 42.6 Å². The van der Waals surface area contributed by atoms with Crippen molar-refractivity contribution >= 4 is 63.4 Å². The minimum absolute atomic E-state index is 0.133. The first-order valence-electron chi connectivity index (χ1n) is 20.0. The summed E-state index contributed by atoms with van der Waals surface area (Å²) in [6.45, 7) is 11.5. The third-order valence-corrected chi connectivity index (χ3v) is 10.3. The van der Waals surface area contributed by atoms with Gasteiger partial charge in [0.2, 0.25) is 23.7 Å². The van der Waals surface area contributed by atoms with Gasteiger partial charge in [-0.05, 0) is 57.9 Å². The molecule has 1 saturated heterocycles. The Morgan fingerprint density at radius 2 is 1.56 bits per heavy atom. The number of rotatable bonds is 17. The van der Waals surface area contributed by atoms with Crippen LogP contribution in [0.5, 0.6) is 5.75 Å². The lowest BCUT2D eigenvalue weighted by molar-refractivity contribution is -0.0180. The molecular weight excluding hydrogens is 787 g/mol. The van der Waals surface area contributed by atoms with Gasteiger partial charge in [0, 0.05) is 57.6 Å². The molecule has 8 N–H and O–H groups in total. The summed E-state index contributed by atoms with van der Waals surface area (Å²) in [5.74, 6) is -1.65. The van der Waals surface area contributed by atoms with E-state index in [9.17, 15) is 19.2 Å². The first kappa shape index (κ1) is 42.0. The average Bonchev–Trinajstić information content (AvgIpc) is 4.00. The topological polar surface area (TPSA) is 276 Å². The lowest BCUT2D eigenvalue weighted by Crippen LogP contribution is -2.36. The molecule has 1 aliphatic heterocycles. The highest BCUT2D eigenvalue weighted by molar-refractivity contribution is 6.07.